The van der Waals surface area contributed by atoms with Crippen molar-refractivity contribution in [2.45, 2.75) is 43.9 Å². The van der Waals surface area contributed by atoms with Gasteiger partial charge < -0.3 is 9.64 Å². The third-order valence-corrected chi connectivity index (χ3v) is 3.57. The monoisotopic (exact) mass is 167 g/mol. The van der Waals surface area contributed by atoms with Gasteiger partial charge in [-0.25, -0.2) is 0 Å². The van der Waals surface area contributed by atoms with Crippen molar-refractivity contribution in [3.8, 4) is 0 Å². The van der Waals surface area contributed by atoms with Crippen LogP contribution in [0.1, 0.15) is 26.2 Å². The lowest BCUT2D eigenvalue weighted by Crippen LogP contribution is -2.49. The van der Waals surface area contributed by atoms with Gasteiger partial charge in [0, 0.05) is 6.54 Å². The molecule has 3 aliphatic heterocycles. The van der Waals surface area contributed by atoms with E-state index in [0.717, 1.165) is 19.4 Å². The molecule has 0 aliphatic carbocycles. The van der Waals surface area contributed by atoms with Crippen LogP contribution in [0.5, 0.6) is 0 Å². The molecular weight excluding hydrogens is 154 g/mol. The zero-order chi connectivity index (χ0) is 8.34. The van der Waals surface area contributed by atoms with Crippen LogP contribution in [0.4, 0.5) is 0 Å². The fraction of sp³-hybridized carbons (Fsp3) is 0.889. The number of hydrogen-bond donors (Lipinski definition) is 0. The molecule has 0 aromatic heterocycles. The second-order valence-electron chi connectivity index (χ2n) is 4.24. The highest BCUT2D eigenvalue weighted by Gasteiger charge is 2.64. The van der Waals surface area contributed by atoms with Crippen LogP contribution < -0.4 is 0 Å². The zero-order valence-electron chi connectivity index (χ0n) is 7.25. The highest BCUT2D eigenvalue weighted by molar-refractivity contribution is 5.80. The lowest BCUT2D eigenvalue weighted by Gasteiger charge is -2.31. The van der Waals surface area contributed by atoms with Gasteiger partial charge in [-0.3, -0.25) is 4.79 Å². The van der Waals surface area contributed by atoms with Crippen LogP contribution in [0.3, 0.4) is 0 Å². The summed E-state index contributed by atoms with van der Waals surface area (Å²) in [6.07, 6.45) is 3.15. The Balaban J connectivity index is 1.95. The first-order valence-corrected chi connectivity index (χ1v) is 4.69. The van der Waals surface area contributed by atoms with Gasteiger partial charge in [0.05, 0.1) is 18.6 Å². The molecule has 3 heterocycles. The average Bonchev–Trinajstić information content (AvgIpc) is 2.49. The fourth-order valence-corrected chi connectivity index (χ4v) is 2.75. The number of hydrogen-bond acceptors (Lipinski definition) is 2. The van der Waals surface area contributed by atoms with Crippen LogP contribution in [0.25, 0.3) is 0 Å². The molecule has 0 bridgehead atoms. The van der Waals surface area contributed by atoms with Crippen LogP contribution in [0.15, 0.2) is 0 Å². The molecular formula is C9H13NO2. The molecule has 0 aromatic carbocycles. The van der Waals surface area contributed by atoms with Crippen molar-refractivity contribution in [2.75, 3.05) is 6.54 Å². The molecule has 0 spiro atoms. The first kappa shape index (κ1) is 6.89. The second kappa shape index (κ2) is 1.84. The summed E-state index contributed by atoms with van der Waals surface area (Å²) in [5.74, 6) is 0.303. The van der Waals surface area contributed by atoms with E-state index < -0.39 is 0 Å². The summed E-state index contributed by atoms with van der Waals surface area (Å²) in [6.45, 7) is 3.10. The number of ether oxygens (including phenoxy) is 1. The van der Waals surface area contributed by atoms with E-state index in [1.165, 1.54) is 0 Å². The Morgan fingerprint density at radius 3 is 3.33 bits per heavy atom. The Morgan fingerprint density at radius 1 is 1.67 bits per heavy atom. The van der Waals surface area contributed by atoms with E-state index in [-0.39, 0.29) is 11.7 Å². The summed E-state index contributed by atoms with van der Waals surface area (Å²) >= 11 is 0. The Bertz CT molecular complexity index is 253. The smallest absolute Gasteiger partial charge is 0.225 e. The predicted octanol–water partition coefficient (Wildman–Crippen LogP) is 0.539. The maximum absolute atomic E-state index is 11.5. The molecule has 66 valence electrons. The molecule has 0 saturated carbocycles. The van der Waals surface area contributed by atoms with Crippen LogP contribution in [-0.2, 0) is 9.53 Å². The second-order valence-corrected chi connectivity index (χ2v) is 4.24. The minimum Gasteiger partial charge on any atom is -0.364 e. The lowest BCUT2D eigenvalue weighted by atomic mass is 9.90. The van der Waals surface area contributed by atoms with Crippen molar-refractivity contribution >= 4 is 5.91 Å². The SMILES string of the molecule is C[C@]12O[C@H]1CC(=O)N1CCC[C@H]12. The molecule has 3 aliphatic rings. The Hall–Kier alpha value is -0.570. The van der Waals surface area contributed by atoms with Crippen molar-refractivity contribution in [2.24, 2.45) is 0 Å². The summed E-state index contributed by atoms with van der Waals surface area (Å²) in [5.41, 5.74) is 0.0322. The van der Waals surface area contributed by atoms with Crippen LogP contribution in [0.2, 0.25) is 0 Å². The van der Waals surface area contributed by atoms with E-state index in [1.54, 1.807) is 0 Å². The summed E-state index contributed by atoms with van der Waals surface area (Å²) in [6, 6.07) is 0.392. The number of nitrogens with zero attached hydrogens (tertiary/aromatic N) is 1. The standard InChI is InChI=1S/C9H13NO2/c1-9-6-3-2-4-10(6)8(11)5-7(9)12-9/h6-7H,2-5H2,1H3/t6-,7-,9+/m0/s1. The summed E-state index contributed by atoms with van der Waals surface area (Å²) < 4.78 is 5.59. The lowest BCUT2D eigenvalue weighted by molar-refractivity contribution is -0.134. The molecule has 1 amide bonds. The van der Waals surface area contributed by atoms with Gasteiger partial charge in [-0.2, -0.15) is 0 Å². The van der Waals surface area contributed by atoms with Gasteiger partial charge in [-0.1, -0.05) is 0 Å². The molecule has 0 N–H and O–H groups in total. The number of rotatable bonds is 0. The van der Waals surface area contributed by atoms with Crippen LogP contribution in [-0.4, -0.2) is 35.1 Å². The summed E-state index contributed by atoms with van der Waals surface area (Å²) in [7, 11) is 0. The quantitative estimate of drug-likeness (QED) is 0.493. The largest absolute Gasteiger partial charge is 0.364 e. The van der Waals surface area contributed by atoms with Crippen molar-refractivity contribution < 1.29 is 9.53 Å². The number of fused-ring (bicyclic) bond motifs is 3. The van der Waals surface area contributed by atoms with Crippen molar-refractivity contribution in [3.63, 3.8) is 0 Å². The first-order valence-electron chi connectivity index (χ1n) is 4.69. The molecule has 3 rings (SSSR count). The van der Waals surface area contributed by atoms with E-state index >= 15 is 0 Å². The van der Waals surface area contributed by atoms with Gasteiger partial charge in [0.25, 0.3) is 0 Å². The molecule has 3 atom stereocenters. The van der Waals surface area contributed by atoms with Gasteiger partial charge in [-0.15, -0.1) is 0 Å². The third-order valence-electron chi connectivity index (χ3n) is 3.57. The number of carbonyl (C=O) groups excluding carboxylic acids is 1. The summed E-state index contributed by atoms with van der Waals surface area (Å²) in [4.78, 5) is 13.5. The number of epoxide rings is 1. The van der Waals surface area contributed by atoms with E-state index in [9.17, 15) is 4.79 Å². The van der Waals surface area contributed by atoms with Gasteiger partial charge in [0.15, 0.2) is 0 Å². The van der Waals surface area contributed by atoms with Crippen molar-refractivity contribution in [1.29, 1.82) is 0 Å². The molecule has 3 heteroatoms. The normalized spacial score (nSPS) is 50.4. The topological polar surface area (TPSA) is 32.8 Å². The maximum Gasteiger partial charge on any atom is 0.225 e. The number of amides is 1. The van der Waals surface area contributed by atoms with E-state index in [0.29, 0.717) is 18.4 Å². The molecule has 0 radical (unpaired) electrons. The minimum atomic E-state index is 0.0322. The van der Waals surface area contributed by atoms with Crippen LogP contribution >= 0.6 is 0 Å². The Labute approximate surface area is 71.7 Å². The van der Waals surface area contributed by atoms with Gasteiger partial charge in [-0.05, 0) is 19.8 Å². The zero-order valence-corrected chi connectivity index (χ0v) is 7.25. The molecule has 12 heavy (non-hydrogen) atoms. The highest BCUT2D eigenvalue weighted by atomic mass is 16.6. The van der Waals surface area contributed by atoms with Crippen LogP contribution in [0, 0.1) is 0 Å². The molecule has 3 fully saturated rings. The minimum absolute atomic E-state index is 0.0322. The number of carbonyl (C=O) groups is 1. The van der Waals surface area contributed by atoms with Gasteiger partial charge in [0.2, 0.25) is 5.91 Å². The highest BCUT2D eigenvalue weighted by Crippen LogP contribution is 2.50. The fourth-order valence-electron chi connectivity index (χ4n) is 2.75. The van der Waals surface area contributed by atoms with Crippen molar-refractivity contribution in [1.82, 2.24) is 4.90 Å². The van der Waals surface area contributed by atoms with Gasteiger partial charge >= 0.3 is 0 Å². The van der Waals surface area contributed by atoms with E-state index in [2.05, 4.69) is 6.92 Å². The maximum atomic E-state index is 11.5. The molecule has 3 nitrogen and oxygen atoms in total. The van der Waals surface area contributed by atoms with Crippen molar-refractivity contribution in [3.05, 3.63) is 0 Å². The first-order chi connectivity index (χ1) is 5.72. The van der Waals surface area contributed by atoms with Gasteiger partial charge in [0.1, 0.15) is 5.60 Å². The Kier molecular flexibility index (Phi) is 1.06. The molecule has 3 saturated heterocycles. The third kappa shape index (κ3) is 0.637. The molecule has 0 aromatic rings. The Morgan fingerprint density at radius 2 is 2.50 bits per heavy atom. The predicted molar refractivity (Wildman–Crippen MR) is 42.6 cm³/mol. The molecule has 0 unspecified atom stereocenters. The average molecular weight is 167 g/mol. The van der Waals surface area contributed by atoms with E-state index in [1.807, 2.05) is 4.90 Å². The number of piperidine rings is 1. The van der Waals surface area contributed by atoms with E-state index in [4.69, 9.17) is 4.74 Å². The summed E-state index contributed by atoms with van der Waals surface area (Å²) in [5, 5.41) is 0.